The topological polar surface area (TPSA) is 34.1 Å². The average Bonchev–Trinajstić information content (AvgIpc) is 2.93. The predicted molar refractivity (Wildman–Crippen MR) is 98.7 cm³/mol. The Balaban J connectivity index is 1.79. The second-order valence-corrected chi connectivity index (χ2v) is 9.63. The smallest absolute Gasteiger partial charge is 0.155 e. The summed E-state index contributed by atoms with van der Waals surface area (Å²) in [6, 6.07) is 0. The van der Waals surface area contributed by atoms with Crippen molar-refractivity contribution in [3.8, 4) is 12.3 Å². The molecule has 4 rings (SSSR count). The molecule has 0 aromatic heterocycles. The quantitative estimate of drug-likeness (QED) is 0.648. The van der Waals surface area contributed by atoms with Crippen LogP contribution in [0.4, 0.5) is 0 Å². The van der Waals surface area contributed by atoms with Crippen molar-refractivity contribution in [2.24, 2.45) is 34.0 Å². The van der Waals surface area contributed by atoms with E-state index in [1.807, 2.05) is 6.08 Å². The number of Topliss-reactive ketones (excluding diaryl/α,β-unsaturated/α-hetero) is 1. The predicted octanol–water partition coefficient (Wildman–Crippen LogP) is 4.73. The van der Waals surface area contributed by atoms with Crippen molar-refractivity contribution in [1.82, 2.24) is 0 Å². The molecule has 0 aromatic rings. The van der Waals surface area contributed by atoms with Crippen LogP contribution < -0.4 is 0 Å². The first kappa shape index (κ1) is 17.1. The van der Waals surface area contributed by atoms with Gasteiger partial charge in [0.05, 0.1) is 0 Å². The van der Waals surface area contributed by atoms with Gasteiger partial charge in [-0.05, 0) is 80.6 Å². The van der Waals surface area contributed by atoms with Crippen molar-refractivity contribution >= 4 is 11.6 Å². The molecule has 4 aliphatic carbocycles. The van der Waals surface area contributed by atoms with Gasteiger partial charge in [0.1, 0.15) is 5.78 Å². The zero-order valence-corrected chi connectivity index (χ0v) is 15.9. The number of hydrogen-bond acceptors (Lipinski definition) is 2. The first-order valence-electron chi connectivity index (χ1n) is 10.00. The molecule has 0 N–H and O–H groups in total. The lowest BCUT2D eigenvalue weighted by atomic mass is 9.40. The van der Waals surface area contributed by atoms with Crippen LogP contribution in [0.3, 0.4) is 0 Å². The molecule has 0 amide bonds. The van der Waals surface area contributed by atoms with Crippen molar-refractivity contribution in [3.63, 3.8) is 0 Å². The number of hydrogen-bond donors (Lipinski definition) is 0. The summed E-state index contributed by atoms with van der Waals surface area (Å²) >= 11 is 0. The van der Waals surface area contributed by atoms with Crippen LogP contribution in [0.25, 0.3) is 0 Å². The van der Waals surface area contributed by atoms with Gasteiger partial charge in [-0.3, -0.25) is 9.59 Å². The van der Waals surface area contributed by atoms with Gasteiger partial charge < -0.3 is 0 Å². The molecule has 2 heteroatoms. The standard InChI is InChI=1S/C23H30O2/c1-5-23-13-8-16-14-17(25)9-11-21(16,3)20(23)10-12-22(4)18(15(2)24)6-7-19(22)23/h1,14,18-20H,6-13H2,2-4H3/t18-,19-,20-,21+,22-,23?/m1/s1. The summed E-state index contributed by atoms with van der Waals surface area (Å²) in [5.74, 6) is 5.06. The number of allylic oxidation sites excluding steroid dienone is 1. The molecule has 3 saturated carbocycles. The molecule has 0 bridgehead atoms. The molecule has 0 aliphatic heterocycles. The van der Waals surface area contributed by atoms with E-state index in [1.54, 1.807) is 6.92 Å². The minimum atomic E-state index is -0.0936. The van der Waals surface area contributed by atoms with Gasteiger partial charge in [0, 0.05) is 17.8 Å². The van der Waals surface area contributed by atoms with Crippen LogP contribution >= 0.6 is 0 Å². The molecular weight excluding hydrogens is 308 g/mol. The second kappa shape index (κ2) is 5.32. The van der Waals surface area contributed by atoms with Gasteiger partial charge in [-0.2, -0.15) is 0 Å². The Morgan fingerprint density at radius 3 is 2.56 bits per heavy atom. The van der Waals surface area contributed by atoms with Crippen LogP contribution in [0.15, 0.2) is 11.6 Å². The van der Waals surface area contributed by atoms with Gasteiger partial charge in [-0.25, -0.2) is 0 Å². The Kier molecular flexibility index (Phi) is 3.63. The summed E-state index contributed by atoms with van der Waals surface area (Å²) in [5.41, 5.74) is 1.40. The summed E-state index contributed by atoms with van der Waals surface area (Å²) in [6.45, 7) is 6.47. The fourth-order valence-electron chi connectivity index (χ4n) is 7.63. The first-order chi connectivity index (χ1) is 11.8. The van der Waals surface area contributed by atoms with E-state index >= 15 is 0 Å². The van der Waals surface area contributed by atoms with Crippen molar-refractivity contribution < 1.29 is 9.59 Å². The second-order valence-electron chi connectivity index (χ2n) is 9.63. The molecule has 6 atom stereocenters. The SMILES string of the molecule is C#CC12CCC3=CC(=O)CC[C@]3(C)[C@H]1CC[C@]1(C)[C@@H](C(C)=O)CC[C@@H]21. The third kappa shape index (κ3) is 2.05. The van der Waals surface area contributed by atoms with Crippen molar-refractivity contribution in [3.05, 3.63) is 11.6 Å². The Morgan fingerprint density at radius 2 is 1.88 bits per heavy atom. The van der Waals surface area contributed by atoms with Gasteiger partial charge in [0.25, 0.3) is 0 Å². The van der Waals surface area contributed by atoms with Gasteiger partial charge in [0.2, 0.25) is 0 Å². The number of rotatable bonds is 1. The lowest BCUT2D eigenvalue weighted by molar-refractivity contribution is -0.133. The molecule has 0 heterocycles. The van der Waals surface area contributed by atoms with Gasteiger partial charge in [0.15, 0.2) is 5.78 Å². The molecule has 0 spiro atoms. The monoisotopic (exact) mass is 338 g/mol. The van der Waals surface area contributed by atoms with Crippen molar-refractivity contribution in [1.29, 1.82) is 0 Å². The van der Waals surface area contributed by atoms with Gasteiger partial charge in [-0.15, -0.1) is 6.42 Å². The van der Waals surface area contributed by atoms with Gasteiger partial charge >= 0.3 is 0 Å². The maximum atomic E-state index is 12.3. The summed E-state index contributed by atoms with van der Waals surface area (Å²) in [7, 11) is 0. The van der Waals surface area contributed by atoms with E-state index in [0.29, 0.717) is 29.8 Å². The van der Waals surface area contributed by atoms with Crippen LogP contribution in [-0.4, -0.2) is 11.6 Å². The van der Waals surface area contributed by atoms with E-state index in [1.165, 1.54) is 5.57 Å². The highest BCUT2D eigenvalue weighted by Crippen LogP contribution is 2.71. The normalized spacial score (nSPS) is 48.6. The summed E-state index contributed by atoms with van der Waals surface area (Å²) in [5, 5.41) is 0. The molecule has 134 valence electrons. The van der Waals surface area contributed by atoms with E-state index in [9.17, 15) is 9.59 Å². The summed E-state index contributed by atoms with van der Waals surface area (Å²) < 4.78 is 0. The van der Waals surface area contributed by atoms with Crippen LogP contribution in [0.2, 0.25) is 0 Å². The Hall–Kier alpha value is -1.36. The van der Waals surface area contributed by atoms with Crippen LogP contribution in [0.5, 0.6) is 0 Å². The lowest BCUT2D eigenvalue weighted by Crippen LogP contribution is -2.57. The van der Waals surface area contributed by atoms with E-state index < -0.39 is 0 Å². The van der Waals surface area contributed by atoms with Crippen LogP contribution in [0.1, 0.15) is 72.1 Å². The molecule has 1 unspecified atom stereocenters. The van der Waals surface area contributed by atoms with E-state index in [0.717, 1.165) is 44.9 Å². The van der Waals surface area contributed by atoms with Gasteiger partial charge in [-0.1, -0.05) is 25.3 Å². The number of terminal acetylenes is 1. The number of carbonyl (C=O) groups is 2. The third-order valence-corrected chi connectivity index (χ3v) is 8.85. The average molecular weight is 338 g/mol. The lowest BCUT2D eigenvalue weighted by Gasteiger charge is -2.62. The Morgan fingerprint density at radius 1 is 1.12 bits per heavy atom. The van der Waals surface area contributed by atoms with E-state index in [4.69, 9.17) is 6.42 Å². The molecule has 0 aromatic carbocycles. The zero-order valence-electron chi connectivity index (χ0n) is 15.9. The molecule has 2 nitrogen and oxygen atoms in total. The molecule has 0 radical (unpaired) electrons. The highest BCUT2D eigenvalue weighted by atomic mass is 16.1. The van der Waals surface area contributed by atoms with Crippen molar-refractivity contribution in [2.75, 3.05) is 0 Å². The Bertz CT molecular complexity index is 710. The largest absolute Gasteiger partial charge is 0.300 e. The maximum absolute atomic E-state index is 12.3. The molecule has 4 aliphatic rings. The third-order valence-electron chi connectivity index (χ3n) is 8.85. The highest BCUT2D eigenvalue weighted by Gasteiger charge is 2.65. The van der Waals surface area contributed by atoms with E-state index in [-0.39, 0.29) is 22.2 Å². The number of carbonyl (C=O) groups excluding carboxylic acids is 2. The summed E-state index contributed by atoms with van der Waals surface area (Å²) in [6.07, 6.45) is 16.1. The maximum Gasteiger partial charge on any atom is 0.155 e. The highest BCUT2D eigenvalue weighted by molar-refractivity contribution is 5.91. The number of fused-ring (bicyclic) bond motifs is 5. The summed E-state index contributed by atoms with van der Waals surface area (Å²) in [4.78, 5) is 24.3. The minimum absolute atomic E-state index is 0.0662. The van der Waals surface area contributed by atoms with Crippen LogP contribution in [-0.2, 0) is 9.59 Å². The van der Waals surface area contributed by atoms with Crippen LogP contribution in [0, 0.1) is 46.3 Å². The number of ketones is 2. The minimum Gasteiger partial charge on any atom is -0.300 e. The van der Waals surface area contributed by atoms with E-state index in [2.05, 4.69) is 19.8 Å². The molecule has 25 heavy (non-hydrogen) atoms. The first-order valence-corrected chi connectivity index (χ1v) is 10.00. The molecular formula is C23H30O2. The molecule has 3 fully saturated rings. The van der Waals surface area contributed by atoms with Crippen molar-refractivity contribution in [2.45, 2.75) is 72.1 Å². The molecule has 0 saturated heterocycles. The fraction of sp³-hybridized carbons (Fsp3) is 0.739. The zero-order chi connectivity index (χ0) is 18.0. The fourth-order valence-corrected chi connectivity index (χ4v) is 7.63. The Labute approximate surface area is 151 Å².